The van der Waals surface area contributed by atoms with E-state index >= 15 is 0 Å². The average molecular weight is 183 g/mol. The highest BCUT2D eigenvalue weighted by Gasteiger charge is 2.11. The predicted molar refractivity (Wildman–Crippen MR) is 48.6 cm³/mol. The van der Waals surface area contributed by atoms with Crippen LogP contribution in [0.4, 0.5) is 0 Å². The van der Waals surface area contributed by atoms with E-state index in [1.54, 1.807) is 6.66 Å². The van der Waals surface area contributed by atoms with E-state index < -0.39 is 7.14 Å². The molecule has 0 spiro atoms. The molecule has 0 saturated carbocycles. The highest BCUT2D eigenvalue weighted by Crippen LogP contribution is 2.42. The third-order valence-corrected chi connectivity index (χ3v) is 4.77. The van der Waals surface area contributed by atoms with Crippen molar-refractivity contribution in [2.75, 3.05) is 18.4 Å². The third-order valence-electron chi connectivity index (χ3n) is 1.49. The number of rotatable bonds is 5. The first-order valence-electron chi connectivity index (χ1n) is 3.74. The van der Waals surface area contributed by atoms with Gasteiger partial charge in [-0.05, 0) is 13.1 Å². The summed E-state index contributed by atoms with van der Waals surface area (Å²) in [5.74, 6) is 0. The summed E-state index contributed by atoms with van der Waals surface area (Å²) in [6.07, 6.45) is 4.25. The smallest absolute Gasteiger partial charge is 0.0988 e. The quantitative estimate of drug-likeness (QED) is 0.362. The fraction of sp³-hybridized carbons (Fsp3) is 1.00. The van der Waals surface area contributed by atoms with Crippen LogP contribution < -0.4 is 0 Å². The van der Waals surface area contributed by atoms with Crippen LogP contribution in [0.2, 0.25) is 0 Å². The Bertz CT molecular complexity index is 125. The van der Waals surface area contributed by atoms with Crippen LogP contribution in [0.5, 0.6) is 0 Å². The van der Waals surface area contributed by atoms with E-state index in [4.69, 9.17) is 11.6 Å². The zero-order chi connectivity index (χ0) is 8.04. The molecule has 0 aliphatic carbocycles. The van der Waals surface area contributed by atoms with E-state index in [1.165, 1.54) is 12.8 Å². The first kappa shape index (κ1) is 10.5. The summed E-state index contributed by atoms with van der Waals surface area (Å²) in [4.78, 5) is 0. The first-order valence-corrected chi connectivity index (χ1v) is 6.80. The van der Waals surface area contributed by atoms with Gasteiger partial charge in [0.1, 0.15) is 0 Å². The predicted octanol–water partition coefficient (Wildman–Crippen LogP) is 3.37. The standard InChI is InChI=1S/C7H16ClOP/c1-3-4-5-6-10(2,9)7-8/h3-7H2,1-2H3. The van der Waals surface area contributed by atoms with Gasteiger partial charge in [0.25, 0.3) is 0 Å². The minimum Gasteiger partial charge on any atom is -0.323 e. The van der Waals surface area contributed by atoms with Crippen molar-refractivity contribution < 1.29 is 4.57 Å². The Morgan fingerprint density at radius 1 is 1.40 bits per heavy atom. The van der Waals surface area contributed by atoms with E-state index in [1.807, 2.05) is 0 Å². The normalized spacial score (nSPS) is 16.7. The van der Waals surface area contributed by atoms with E-state index in [9.17, 15) is 4.57 Å². The van der Waals surface area contributed by atoms with E-state index in [0.717, 1.165) is 12.6 Å². The second-order valence-electron chi connectivity index (χ2n) is 2.85. The lowest BCUT2D eigenvalue weighted by atomic mass is 10.3. The van der Waals surface area contributed by atoms with Gasteiger partial charge in [-0.3, -0.25) is 0 Å². The van der Waals surface area contributed by atoms with Crippen LogP contribution in [-0.4, -0.2) is 18.4 Å². The molecule has 0 amide bonds. The van der Waals surface area contributed by atoms with Gasteiger partial charge < -0.3 is 4.57 Å². The van der Waals surface area contributed by atoms with Gasteiger partial charge in [-0.1, -0.05) is 19.8 Å². The van der Waals surface area contributed by atoms with Gasteiger partial charge >= 0.3 is 0 Å². The molecule has 0 bridgehead atoms. The van der Waals surface area contributed by atoms with Crippen LogP contribution >= 0.6 is 18.7 Å². The molecule has 0 radical (unpaired) electrons. The highest BCUT2D eigenvalue weighted by molar-refractivity contribution is 7.64. The summed E-state index contributed by atoms with van der Waals surface area (Å²) in [7, 11) is -1.94. The molecule has 0 aromatic heterocycles. The van der Waals surface area contributed by atoms with Crippen molar-refractivity contribution in [3.05, 3.63) is 0 Å². The van der Waals surface area contributed by atoms with Crippen LogP contribution in [0.1, 0.15) is 26.2 Å². The number of alkyl halides is 1. The molecule has 0 fully saturated rings. The molecule has 0 aliphatic heterocycles. The van der Waals surface area contributed by atoms with Gasteiger partial charge in [-0.15, -0.1) is 11.6 Å². The minimum atomic E-state index is -1.94. The molecule has 0 aliphatic rings. The molecule has 0 N–H and O–H groups in total. The highest BCUT2D eigenvalue weighted by atomic mass is 35.5. The van der Waals surface area contributed by atoms with E-state index in [2.05, 4.69) is 6.92 Å². The fourth-order valence-electron chi connectivity index (χ4n) is 0.756. The van der Waals surface area contributed by atoms with Crippen LogP contribution in [0.15, 0.2) is 0 Å². The van der Waals surface area contributed by atoms with Crippen LogP contribution in [-0.2, 0) is 4.57 Å². The summed E-state index contributed by atoms with van der Waals surface area (Å²) in [6.45, 7) is 3.93. The Balaban J connectivity index is 3.38. The second kappa shape index (κ2) is 5.21. The van der Waals surface area contributed by atoms with Gasteiger partial charge in [0, 0.05) is 6.16 Å². The molecule has 0 heterocycles. The second-order valence-corrected chi connectivity index (χ2v) is 6.84. The summed E-state index contributed by atoms with van der Waals surface area (Å²) in [6, 6.07) is 0. The zero-order valence-electron chi connectivity index (χ0n) is 6.77. The fourth-order valence-corrected chi connectivity index (χ4v) is 2.13. The van der Waals surface area contributed by atoms with Crippen molar-refractivity contribution in [3.8, 4) is 0 Å². The summed E-state index contributed by atoms with van der Waals surface area (Å²) in [5.41, 5.74) is 0.344. The lowest BCUT2D eigenvalue weighted by Gasteiger charge is -2.06. The van der Waals surface area contributed by atoms with Gasteiger partial charge in [0.2, 0.25) is 0 Å². The van der Waals surface area contributed by atoms with Gasteiger partial charge in [0.15, 0.2) is 0 Å². The number of unbranched alkanes of at least 4 members (excludes halogenated alkanes) is 2. The minimum absolute atomic E-state index is 0.344. The van der Waals surface area contributed by atoms with E-state index in [0.29, 0.717) is 5.62 Å². The molecule has 0 saturated heterocycles. The maximum Gasteiger partial charge on any atom is 0.0988 e. The first-order chi connectivity index (χ1) is 4.62. The van der Waals surface area contributed by atoms with Crippen molar-refractivity contribution in [1.82, 2.24) is 0 Å². The molecule has 3 heteroatoms. The average Bonchev–Trinajstić information content (AvgIpc) is 1.89. The zero-order valence-corrected chi connectivity index (χ0v) is 8.42. The van der Waals surface area contributed by atoms with Crippen LogP contribution in [0.25, 0.3) is 0 Å². The molecule has 1 atom stereocenters. The van der Waals surface area contributed by atoms with Crippen molar-refractivity contribution in [3.63, 3.8) is 0 Å². The third kappa shape index (κ3) is 5.32. The molecule has 0 aromatic rings. The molecule has 0 aromatic carbocycles. The number of halogens is 1. The van der Waals surface area contributed by atoms with Crippen molar-refractivity contribution in [2.24, 2.45) is 0 Å². The Labute approximate surface area is 68.5 Å². The molecule has 1 unspecified atom stereocenters. The summed E-state index contributed by atoms with van der Waals surface area (Å²) in [5, 5.41) is 0. The lowest BCUT2D eigenvalue weighted by molar-refractivity contribution is 0.578. The van der Waals surface area contributed by atoms with Gasteiger partial charge in [0.05, 0.1) is 12.8 Å². The van der Waals surface area contributed by atoms with Crippen molar-refractivity contribution in [1.29, 1.82) is 0 Å². The Morgan fingerprint density at radius 2 is 2.00 bits per heavy atom. The van der Waals surface area contributed by atoms with Gasteiger partial charge in [-0.25, -0.2) is 0 Å². The van der Waals surface area contributed by atoms with Gasteiger partial charge in [-0.2, -0.15) is 0 Å². The Hall–Kier alpha value is 0.520. The van der Waals surface area contributed by atoms with Crippen LogP contribution in [0.3, 0.4) is 0 Å². The van der Waals surface area contributed by atoms with Crippen molar-refractivity contribution >= 4 is 18.7 Å². The largest absolute Gasteiger partial charge is 0.323 e. The Kier molecular flexibility index (Phi) is 5.48. The Morgan fingerprint density at radius 3 is 2.40 bits per heavy atom. The number of hydrogen-bond donors (Lipinski definition) is 0. The molecular formula is C7H16ClOP. The van der Waals surface area contributed by atoms with Crippen molar-refractivity contribution in [2.45, 2.75) is 26.2 Å². The maximum absolute atomic E-state index is 11.3. The maximum atomic E-state index is 11.3. The lowest BCUT2D eigenvalue weighted by Crippen LogP contribution is -1.88. The number of hydrogen-bond acceptors (Lipinski definition) is 1. The summed E-state index contributed by atoms with van der Waals surface area (Å²) >= 11 is 5.51. The monoisotopic (exact) mass is 182 g/mol. The molecule has 10 heavy (non-hydrogen) atoms. The van der Waals surface area contributed by atoms with E-state index in [-0.39, 0.29) is 0 Å². The molecule has 1 nitrogen and oxygen atoms in total. The molecule has 0 rings (SSSR count). The summed E-state index contributed by atoms with van der Waals surface area (Å²) < 4.78 is 11.3. The SMILES string of the molecule is CCCCCP(C)(=O)CCl. The van der Waals surface area contributed by atoms with Crippen LogP contribution in [0, 0.1) is 0 Å². The molecule has 62 valence electrons. The topological polar surface area (TPSA) is 17.1 Å². The molecular weight excluding hydrogens is 167 g/mol.